The van der Waals surface area contributed by atoms with E-state index in [0.29, 0.717) is 0 Å². The molecule has 0 spiro atoms. The van der Waals surface area contributed by atoms with Gasteiger partial charge in [-0.1, -0.05) is 54.2 Å². The zero-order valence-corrected chi connectivity index (χ0v) is 18.7. The minimum Gasteiger partial charge on any atom is -0.497 e. The van der Waals surface area contributed by atoms with Crippen molar-refractivity contribution in [2.75, 3.05) is 7.11 Å². The maximum Gasteiger partial charge on any atom is 0.184 e. The molecule has 0 radical (unpaired) electrons. The van der Waals surface area contributed by atoms with Crippen LogP contribution in [-0.4, -0.2) is 11.3 Å². The van der Waals surface area contributed by atoms with E-state index in [0.717, 1.165) is 25.3 Å². The van der Waals surface area contributed by atoms with Gasteiger partial charge in [-0.05, 0) is 48.5 Å². The third-order valence-corrected chi connectivity index (χ3v) is 10.2. The van der Waals surface area contributed by atoms with Crippen LogP contribution in [0.5, 0.6) is 5.75 Å². The lowest BCUT2D eigenvalue weighted by atomic mass is 10.3. The lowest BCUT2D eigenvalue weighted by Crippen LogP contribution is -2.17. The fourth-order valence-corrected chi connectivity index (χ4v) is 8.99. The van der Waals surface area contributed by atoms with E-state index < -0.39 is 10.8 Å². The first-order valence-electron chi connectivity index (χ1n) is 9.51. The molecule has 4 aromatic rings. The molecular formula is C25H19O2S3+. The topological polar surface area (TPSA) is 26.3 Å². The van der Waals surface area contributed by atoms with Gasteiger partial charge in [0.05, 0.1) is 32.6 Å². The summed E-state index contributed by atoms with van der Waals surface area (Å²) in [5, 5.41) is 0. The Hall–Kier alpha value is -2.47. The Morgan fingerprint density at radius 2 is 1.33 bits per heavy atom. The van der Waals surface area contributed by atoms with Crippen LogP contribution in [0.15, 0.2) is 131 Å². The van der Waals surface area contributed by atoms with Crippen molar-refractivity contribution in [3.63, 3.8) is 0 Å². The van der Waals surface area contributed by atoms with Crippen LogP contribution in [0.3, 0.4) is 0 Å². The number of ether oxygens (including phenoxy) is 1. The van der Waals surface area contributed by atoms with Crippen LogP contribution >= 0.6 is 11.8 Å². The smallest absolute Gasteiger partial charge is 0.184 e. The summed E-state index contributed by atoms with van der Waals surface area (Å²) in [6.45, 7) is 0. The number of rotatable bonds is 4. The van der Waals surface area contributed by atoms with E-state index in [2.05, 4.69) is 48.5 Å². The second kappa shape index (κ2) is 8.34. The first kappa shape index (κ1) is 19.5. The molecule has 0 amide bonds. The highest BCUT2D eigenvalue weighted by Crippen LogP contribution is 2.47. The minimum absolute atomic E-state index is 0.370. The number of hydrogen-bond acceptors (Lipinski definition) is 3. The maximum absolute atomic E-state index is 13.3. The summed E-state index contributed by atoms with van der Waals surface area (Å²) in [6, 6.07) is 32.9. The maximum atomic E-state index is 13.3. The van der Waals surface area contributed by atoms with Gasteiger partial charge in [0.15, 0.2) is 14.7 Å². The van der Waals surface area contributed by atoms with Crippen molar-refractivity contribution in [3.8, 4) is 5.75 Å². The average Bonchev–Trinajstić information content (AvgIpc) is 2.81. The molecule has 148 valence electrons. The van der Waals surface area contributed by atoms with E-state index in [1.807, 2.05) is 48.5 Å². The molecule has 1 heterocycles. The van der Waals surface area contributed by atoms with E-state index in [4.69, 9.17) is 4.74 Å². The van der Waals surface area contributed by atoms with Gasteiger partial charge in [0, 0.05) is 11.0 Å². The largest absolute Gasteiger partial charge is 0.497 e. The molecule has 4 aromatic carbocycles. The van der Waals surface area contributed by atoms with Gasteiger partial charge in [0.2, 0.25) is 0 Å². The van der Waals surface area contributed by atoms with Crippen molar-refractivity contribution in [1.29, 1.82) is 0 Å². The van der Waals surface area contributed by atoms with E-state index in [1.165, 1.54) is 14.7 Å². The van der Waals surface area contributed by atoms with Crippen molar-refractivity contribution >= 4 is 33.5 Å². The summed E-state index contributed by atoms with van der Waals surface area (Å²) in [5.41, 5.74) is 0. The molecule has 1 aliphatic heterocycles. The molecule has 0 atom stereocenters. The van der Waals surface area contributed by atoms with Crippen LogP contribution < -0.4 is 4.74 Å². The lowest BCUT2D eigenvalue weighted by molar-refractivity contribution is 0.413. The van der Waals surface area contributed by atoms with Crippen molar-refractivity contribution in [2.24, 2.45) is 0 Å². The molecule has 0 saturated carbocycles. The van der Waals surface area contributed by atoms with E-state index in [9.17, 15) is 4.21 Å². The van der Waals surface area contributed by atoms with Crippen molar-refractivity contribution < 1.29 is 8.95 Å². The highest BCUT2D eigenvalue weighted by atomic mass is 32.2. The molecule has 0 saturated heterocycles. The van der Waals surface area contributed by atoms with Gasteiger partial charge in [-0.15, -0.1) is 0 Å². The summed E-state index contributed by atoms with van der Waals surface area (Å²) in [5.74, 6) is 0.830. The quantitative estimate of drug-likeness (QED) is 0.297. The number of benzene rings is 4. The van der Waals surface area contributed by atoms with Crippen LogP contribution in [0.4, 0.5) is 0 Å². The van der Waals surface area contributed by atoms with Crippen LogP contribution in [0.2, 0.25) is 0 Å². The molecule has 30 heavy (non-hydrogen) atoms. The second-order valence-corrected chi connectivity index (χ2v) is 11.2. The predicted octanol–water partition coefficient (Wildman–Crippen LogP) is 6.42. The highest BCUT2D eigenvalue weighted by Gasteiger charge is 2.42. The predicted molar refractivity (Wildman–Crippen MR) is 123 cm³/mol. The molecular weight excluding hydrogens is 428 g/mol. The van der Waals surface area contributed by atoms with Crippen molar-refractivity contribution in [1.82, 2.24) is 0 Å². The van der Waals surface area contributed by atoms with Gasteiger partial charge < -0.3 is 4.74 Å². The van der Waals surface area contributed by atoms with Crippen LogP contribution in [-0.2, 0) is 21.7 Å². The van der Waals surface area contributed by atoms with Gasteiger partial charge in [0.25, 0.3) is 0 Å². The summed E-state index contributed by atoms with van der Waals surface area (Å²) in [7, 11) is 0.162. The normalized spacial score (nSPS) is 17.1. The molecule has 0 aromatic heterocycles. The summed E-state index contributed by atoms with van der Waals surface area (Å²) in [6.07, 6.45) is 0. The Morgan fingerprint density at radius 3 is 1.97 bits per heavy atom. The Bertz CT molecular complexity index is 1190. The number of fused-ring (bicyclic) bond motifs is 2. The fraction of sp³-hybridized carbons (Fsp3) is 0.0400. The Balaban J connectivity index is 1.74. The standard InChI is InChI=1S/C25H19O2S3/c1-27-18-15-16-20(28-19-9-3-2-4-10-19)25(17-18)29-21-11-5-7-13-23(21)30(26)24-14-8-6-12-22(24)29/h2-17H,1H3/q+1. The van der Waals surface area contributed by atoms with Gasteiger partial charge in [-0.25, -0.2) is 4.21 Å². The average molecular weight is 448 g/mol. The third kappa shape index (κ3) is 3.47. The fourth-order valence-electron chi connectivity index (χ4n) is 3.49. The zero-order chi connectivity index (χ0) is 20.5. The van der Waals surface area contributed by atoms with E-state index in [1.54, 1.807) is 18.9 Å². The van der Waals surface area contributed by atoms with Crippen molar-refractivity contribution in [2.45, 2.75) is 34.3 Å². The Kier molecular flexibility index (Phi) is 5.42. The minimum atomic E-state index is -1.17. The summed E-state index contributed by atoms with van der Waals surface area (Å²) in [4.78, 5) is 7.61. The molecule has 0 bridgehead atoms. The van der Waals surface area contributed by atoms with Gasteiger partial charge in [0.1, 0.15) is 16.6 Å². The molecule has 0 fully saturated rings. The molecule has 0 unspecified atom stereocenters. The first-order valence-corrected chi connectivity index (χ1v) is 12.7. The highest BCUT2D eigenvalue weighted by molar-refractivity contribution is 8.02. The number of hydrogen-bond donors (Lipinski definition) is 0. The van der Waals surface area contributed by atoms with Crippen molar-refractivity contribution in [3.05, 3.63) is 97.1 Å². The van der Waals surface area contributed by atoms with Gasteiger partial charge in [-0.3, -0.25) is 0 Å². The van der Waals surface area contributed by atoms with Gasteiger partial charge >= 0.3 is 0 Å². The monoisotopic (exact) mass is 447 g/mol. The Morgan fingerprint density at radius 1 is 0.733 bits per heavy atom. The van der Waals surface area contributed by atoms with E-state index >= 15 is 0 Å². The van der Waals surface area contributed by atoms with Crippen LogP contribution in [0, 0.1) is 0 Å². The Labute approximate surface area is 186 Å². The van der Waals surface area contributed by atoms with Crippen LogP contribution in [0.1, 0.15) is 0 Å². The third-order valence-electron chi connectivity index (χ3n) is 4.88. The lowest BCUT2D eigenvalue weighted by Gasteiger charge is -2.20. The van der Waals surface area contributed by atoms with E-state index in [-0.39, 0.29) is 10.9 Å². The molecule has 0 aliphatic carbocycles. The molecule has 5 heteroatoms. The number of methoxy groups -OCH3 is 1. The molecule has 1 aliphatic rings. The second-order valence-electron chi connectivity index (χ2n) is 6.70. The molecule has 5 rings (SSSR count). The van der Waals surface area contributed by atoms with Crippen LogP contribution in [0.25, 0.3) is 0 Å². The zero-order valence-electron chi connectivity index (χ0n) is 16.3. The summed E-state index contributed by atoms with van der Waals surface area (Å²) < 4.78 is 18.9. The molecule has 2 nitrogen and oxygen atoms in total. The SMILES string of the molecule is COc1ccc(Sc2ccccc2)c([S+]2c3ccccc3S(=O)c3ccccc32)c1. The first-order chi connectivity index (χ1) is 14.8. The summed E-state index contributed by atoms with van der Waals surface area (Å²) >= 11 is 1.75. The molecule has 0 N–H and O–H groups in total. The van der Waals surface area contributed by atoms with Gasteiger partial charge in [-0.2, -0.15) is 0 Å².